The Balaban J connectivity index is 2.71. The zero-order valence-corrected chi connectivity index (χ0v) is 11.0. The summed E-state index contributed by atoms with van der Waals surface area (Å²) in [5, 5.41) is 0. The molecule has 0 radical (unpaired) electrons. The van der Waals surface area contributed by atoms with Crippen molar-refractivity contribution in [2.24, 2.45) is 11.7 Å². The highest BCUT2D eigenvalue weighted by atomic mass is 16.5. The van der Waals surface area contributed by atoms with E-state index in [2.05, 4.69) is 13.8 Å². The van der Waals surface area contributed by atoms with E-state index >= 15 is 0 Å². The monoisotopic (exact) mass is 237 g/mol. The predicted molar refractivity (Wildman–Crippen MR) is 70.7 cm³/mol. The summed E-state index contributed by atoms with van der Waals surface area (Å²) in [5.41, 5.74) is 6.72. The number of benzene rings is 1. The molecule has 3 heteroatoms. The minimum atomic E-state index is 0.559. The maximum atomic E-state index is 5.76. The highest BCUT2D eigenvalue weighted by molar-refractivity contribution is 5.43. The minimum absolute atomic E-state index is 0.559. The van der Waals surface area contributed by atoms with Crippen LogP contribution < -0.4 is 15.2 Å². The lowest BCUT2D eigenvalue weighted by Gasteiger charge is -2.14. The average Bonchev–Trinajstić information content (AvgIpc) is 2.36. The molecule has 0 bridgehead atoms. The van der Waals surface area contributed by atoms with Crippen LogP contribution in [0.15, 0.2) is 18.2 Å². The summed E-state index contributed by atoms with van der Waals surface area (Å²) in [4.78, 5) is 0. The Labute approximate surface area is 104 Å². The topological polar surface area (TPSA) is 44.5 Å². The standard InChI is InChI=1S/C14H23NO2/c1-4-11(2)10-17-13-6-5-12(7-8-15)9-14(13)16-3/h5-6,9,11H,4,7-8,10,15H2,1-3H3. The predicted octanol–water partition coefficient (Wildman–Crippen LogP) is 2.62. The van der Waals surface area contributed by atoms with Crippen molar-refractivity contribution >= 4 is 0 Å². The number of methoxy groups -OCH3 is 1. The van der Waals surface area contributed by atoms with Crippen molar-refractivity contribution in [3.8, 4) is 11.5 Å². The molecule has 1 aromatic rings. The fourth-order valence-electron chi connectivity index (χ4n) is 1.50. The van der Waals surface area contributed by atoms with E-state index in [0.29, 0.717) is 12.5 Å². The normalized spacial score (nSPS) is 12.2. The van der Waals surface area contributed by atoms with Gasteiger partial charge in [-0.15, -0.1) is 0 Å². The molecule has 0 aromatic heterocycles. The van der Waals surface area contributed by atoms with Gasteiger partial charge in [0, 0.05) is 0 Å². The first-order valence-electron chi connectivity index (χ1n) is 6.21. The highest BCUT2D eigenvalue weighted by Crippen LogP contribution is 2.28. The largest absolute Gasteiger partial charge is 0.493 e. The number of rotatable bonds is 7. The third-order valence-corrected chi connectivity index (χ3v) is 2.88. The average molecular weight is 237 g/mol. The van der Waals surface area contributed by atoms with Crippen LogP contribution in [0.5, 0.6) is 11.5 Å². The molecule has 1 unspecified atom stereocenters. The molecule has 0 aliphatic carbocycles. The van der Waals surface area contributed by atoms with E-state index in [1.54, 1.807) is 7.11 Å². The first-order chi connectivity index (χ1) is 8.21. The van der Waals surface area contributed by atoms with E-state index in [1.807, 2.05) is 18.2 Å². The summed E-state index contributed by atoms with van der Waals surface area (Å²) in [6.07, 6.45) is 1.98. The second-order valence-corrected chi connectivity index (χ2v) is 4.35. The SMILES string of the molecule is CCC(C)COc1ccc(CCN)cc1OC. The van der Waals surface area contributed by atoms with Crippen molar-refractivity contribution in [2.45, 2.75) is 26.7 Å². The van der Waals surface area contributed by atoms with Gasteiger partial charge in [0.05, 0.1) is 13.7 Å². The molecular weight excluding hydrogens is 214 g/mol. The second-order valence-electron chi connectivity index (χ2n) is 4.35. The summed E-state index contributed by atoms with van der Waals surface area (Å²) in [5.74, 6) is 2.16. The van der Waals surface area contributed by atoms with Crippen LogP contribution in [0.4, 0.5) is 0 Å². The van der Waals surface area contributed by atoms with Gasteiger partial charge in [-0.05, 0) is 36.6 Å². The Morgan fingerprint density at radius 2 is 2.06 bits per heavy atom. The fraction of sp³-hybridized carbons (Fsp3) is 0.571. The zero-order chi connectivity index (χ0) is 12.7. The van der Waals surface area contributed by atoms with Gasteiger partial charge in [0.1, 0.15) is 0 Å². The van der Waals surface area contributed by atoms with Gasteiger partial charge in [-0.1, -0.05) is 26.3 Å². The Morgan fingerprint density at radius 3 is 2.65 bits per heavy atom. The molecule has 0 aliphatic rings. The van der Waals surface area contributed by atoms with Gasteiger partial charge in [0.15, 0.2) is 11.5 Å². The van der Waals surface area contributed by atoms with Gasteiger partial charge in [0.2, 0.25) is 0 Å². The second kappa shape index (κ2) is 7.17. The summed E-state index contributed by atoms with van der Waals surface area (Å²) in [7, 11) is 1.66. The Kier molecular flexibility index (Phi) is 5.84. The quantitative estimate of drug-likeness (QED) is 0.793. The molecule has 3 nitrogen and oxygen atoms in total. The summed E-state index contributed by atoms with van der Waals surface area (Å²) < 4.78 is 11.1. The van der Waals surface area contributed by atoms with Gasteiger partial charge in [-0.2, -0.15) is 0 Å². The molecule has 0 saturated carbocycles. The number of hydrogen-bond acceptors (Lipinski definition) is 3. The highest BCUT2D eigenvalue weighted by Gasteiger charge is 2.07. The molecule has 1 rings (SSSR count). The molecule has 1 atom stereocenters. The van der Waals surface area contributed by atoms with Gasteiger partial charge in [-0.25, -0.2) is 0 Å². The minimum Gasteiger partial charge on any atom is -0.493 e. The van der Waals surface area contributed by atoms with E-state index in [1.165, 1.54) is 5.56 Å². The number of ether oxygens (including phenoxy) is 2. The molecule has 0 amide bonds. The Bertz CT molecular complexity index is 339. The van der Waals surface area contributed by atoms with Gasteiger partial charge >= 0.3 is 0 Å². The van der Waals surface area contributed by atoms with E-state index in [4.69, 9.17) is 15.2 Å². The van der Waals surface area contributed by atoms with Crippen LogP contribution in [-0.4, -0.2) is 20.3 Å². The van der Waals surface area contributed by atoms with Crippen molar-refractivity contribution in [2.75, 3.05) is 20.3 Å². The summed E-state index contributed by atoms with van der Waals surface area (Å²) in [6.45, 7) is 5.71. The molecule has 0 fully saturated rings. The molecule has 0 heterocycles. The van der Waals surface area contributed by atoms with Crippen LogP contribution in [0.1, 0.15) is 25.8 Å². The molecule has 1 aromatic carbocycles. The van der Waals surface area contributed by atoms with Crippen molar-refractivity contribution < 1.29 is 9.47 Å². The lowest BCUT2D eigenvalue weighted by molar-refractivity contribution is 0.244. The van der Waals surface area contributed by atoms with Crippen LogP contribution >= 0.6 is 0 Å². The summed E-state index contributed by atoms with van der Waals surface area (Å²) >= 11 is 0. The van der Waals surface area contributed by atoms with Gasteiger partial charge in [-0.3, -0.25) is 0 Å². The lowest BCUT2D eigenvalue weighted by Crippen LogP contribution is -2.08. The molecule has 0 aliphatic heterocycles. The first-order valence-corrected chi connectivity index (χ1v) is 6.21. The first kappa shape index (κ1) is 13.8. The van der Waals surface area contributed by atoms with E-state index < -0.39 is 0 Å². The third-order valence-electron chi connectivity index (χ3n) is 2.88. The Hall–Kier alpha value is -1.22. The van der Waals surface area contributed by atoms with Gasteiger partial charge < -0.3 is 15.2 Å². The van der Waals surface area contributed by atoms with E-state index in [-0.39, 0.29) is 0 Å². The molecule has 2 N–H and O–H groups in total. The molecule has 17 heavy (non-hydrogen) atoms. The molecule has 0 saturated heterocycles. The van der Waals surface area contributed by atoms with Crippen molar-refractivity contribution in [1.29, 1.82) is 0 Å². The Morgan fingerprint density at radius 1 is 1.29 bits per heavy atom. The van der Waals surface area contributed by atoms with Crippen LogP contribution in [0.3, 0.4) is 0 Å². The van der Waals surface area contributed by atoms with Crippen molar-refractivity contribution in [3.05, 3.63) is 23.8 Å². The third kappa shape index (κ3) is 4.27. The van der Waals surface area contributed by atoms with Crippen LogP contribution in [0, 0.1) is 5.92 Å². The zero-order valence-electron chi connectivity index (χ0n) is 11.0. The van der Waals surface area contributed by atoms with Crippen molar-refractivity contribution in [1.82, 2.24) is 0 Å². The summed E-state index contributed by atoms with van der Waals surface area (Å²) in [6, 6.07) is 6.01. The maximum absolute atomic E-state index is 5.76. The smallest absolute Gasteiger partial charge is 0.161 e. The van der Waals surface area contributed by atoms with Crippen LogP contribution in [0.25, 0.3) is 0 Å². The van der Waals surface area contributed by atoms with Gasteiger partial charge in [0.25, 0.3) is 0 Å². The van der Waals surface area contributed by atoms with E-state index in [0.717, 1.165) is 30.9 Å². The fourth-order valence-corrected chi connectivity index (χ4v) is 1.50. The number of hydrogen-bond donors (Lipinski definition) is 1. The lowest BCUT2D eigenvalue weighted by atomic mass is 10.1. The molecule has 96 valence electrons. The maximum Gasteiger partial charge on any atom is 0.161 e. The van der Waals surface area contributed by atoms with Crippen molar-refractivity contribution in [3.63, 3.8) is 0 Å². The van der Waals surface area contributed by atoms with Crippen LogP contribution in [-0.2, 0) is 6.42 Å². The number of nitrogens with two attached hydrogens (primary N) is 1. The molecule has 0 spiro atoms. The van der Waals surface area contributed by atoms with E-state index in [9.17, 15) is 0 Å². The molecular formula is C14H23NO2. The van der Waals surface area contributed by atoms with Crippen LogP contribution in [0.2, 0.25) is 0 Å².